The molecule has 1 saturated heterocycles. The molecule has 152 valence electrons. The first-order valence-electron chi connectivity index (χ1n) is 10.2. The van der Waals surface area contributed by atoms with E-state index >= 15 is 0 Å². The maximum atomic E-state index is 13.7. The largest absolute Gasteiger partial charge is 0.490 e. The number of ether oxygens (including phenoxy) is 2. The van der Waals surface area contributed by atoms with Crippen molar-refractivity contribution in [1.29, 1.82) is 0 Å². The number of benzene rings is 2. The number of imide groups is 1. The fourth-order valence-corrected chi connectivity index (χ4v) is 4.71. The molecular weight excluding hydrogens is 382 g/mol. The molecule has 6 heteroatoms. The minimum absolute atomic E-state index is 0.0785. The van der Waals surface area contributed by atoms with Gasteiger partial charge in [-0.15, -0.1) is 0 Å². The molecule has 0 spiro atoms. The van der Waals surface area contributed by atoms with Crippen molar-refractivity contribution in [3.05, 3.63) is 83.1 Å². The number of hydrogen-bond acceptors (Lipinski definition) is 5. The maximum Gasteiger partial charge on any atom is 0.417 e. The predicted molar refractivity (Wildman–Crippen MR) is 107 cm³/mol. The van der Waals surface area contributed by atoms with Crippen LogP contribution in [0.2, 0.25) is 0 Å². The zero-order valence-electron chi connectivity index (χ0n) is 16.3. The van der Waals surface area contributed by atoms with Gasteiger partial charge in [-0.1, -0.05) is 60.7 Å². The Kier molecular flexibility index (Phi) is 4.62. The lowest BCUT2D eigenvalue weighted by Gasteiger charge is -2.27. The van der Waals surface area contributed by atoms with E-state index in [1.807, 2.05) is 60.7 Å². The van der Waals surface area contributed by atoms with Crippen LogP contribution >= 0.6 is 0 Å². The lowest BCUT2D eigenvalue weighted by molar-refractivity contribution is -0.139. The molecular formula is C24H21NO5. The van der Waals surface area contributed by atoms with Crippen LogP contribution in [-0.4, -0.2) is 35.9 Å². The predicted octanol–water partition coefficient (Wildman–Crippen LogP) is 3.75. The Morgan fingerprint density at radius 2 is 1.57 bits per heavy atom. The summed E-state index contributed by atoms with van der Waals surface area (Å²) in [6, 6.07) is 18.2. The molecule has 0 unspecified atom stereocenters. The first-order chi connectivity index (χ1) is 14.7. The molecule has 1 fully saturated rings. The summed E-state index contributed by atoms with van der Waals surface area (Å²) in [5.41, 5.74) is 2.54. The van der Waals surface area contributed by atoms with Crippen LogP contribution in [0.5, 0.6) is 0 Å². The van der Waals surface area contributed by atoms with Crippen LogP contribution in [0.25, 0.3) is 0 Å². The summed E-state index contributed by atoms with van der Waals surface area (Å²) in [5, 5.41) is 0. The number of amides is 2. The van der Waals surface area contributed by atoms with Crippen molar-refractivity contribution in [2.45, 2.75) is 24.8 Å². The number of hydrogen-bond donors (Lipinski definition) is 0. The van der Waals surface area contributed by atoms with E-state index in [1.54, 1.807) is 0 Å². The highest BCUT2D eigenvalue weighted by molar-refractivity contribution is 6.15. The molecule has 0 N–H and O–H groups in total. The van der Waals surface area contributed by atoms with Crippen molar-refractivity contribution in [3.8, 4) is 0 Å². The Morgan fingerprint density at radius 3 is 2.27 bits per heavy atom. The SMILES string of the molecule is O=C1C2=C(CCCO2)[C@@H](c2ccccc2)[C@@H]1C(=O)N1C(=O)OC[C@@H]1c1ccccc1. The minimum atomic E-state index is -1.02. The number of ketones is 1. The zero-order chi connectivity index (χ0) is 20.7. The molecule has 2 aromatic carbocycles. The minimum Gasteiger partial charge on any atom is -0.490 e. The van der Waals surface area contributed by atoms with Gasteiger partial charge in [-0.25, -0.2) is 9.69 Å². The smallest absolute Gasteiger partial charge is 0.417 e. The molecule has 2 aromatic rings. The average Bonchev–Trinajstić information content (AvgIpc) is 3.32. The molecule has 3 atom stereocenters. The fourth-order valence-electron chi connectivity index (χ4n) is 4.71. The highest BCUT2D eigenvalue weighted by Gasteiger charge is 2.53. The summed E-state index contributed by atoms with van der Waals surface area (Å²) in [4.78, 5) is 40.7. The lowest BCUT2D eigenvalue weighted by Crippen LogP contribution is -2.42. The molecule has 2 amide bonds. The van der Waals surface area contributed by atoms with Gasteiger partial charge in [-0.05, 0) is 29.5 Å². The molecule has 30 heavy (non-hydrogen) atoms. The van der Waals surface area contributed by atoms with Gasteiger partial charge < -0.3 is 9.47 Å². The lowest BCUT2D eigenvalue weighted by atomic mass is 9.82. The van der Waals surface area contributed by atoms with Crippen LogP contribution in [-0.2, 0) is 19.1 Å². The summed E-state index contributed by atoms with van der Waals surface area (Å²) < 4.78 is 10.9. The fraction of sp³-hybridized carbons (Fsp3) is 0.292. The standard InChI is InChI=1S/C24H21NO5/c26-21-20(19(16-10-5-2-6-11-16)17-12-7-13-29-22(17)21)23(27)25-18(14-30-24(25)28)15-8-3-1-4-9-15/h1-6,8-11,18-20H,7,12-14H2/t18-,19-,20+/m1/s1. The molecule has 6 nitrogen and oxygen atoms in total. The Bertz CT molecular complexity index is 1030. The van der Waals surface area contributed by atoms with Gasteiger partial charge in [0.25, 0.3) is 0 Å². The Balaban J connectivity index is 1.55. The van der Waals surface area contributed by atoms with Crippen molar-refractivity contribution in [2.75, 3.05) is 13.2 Å². The average molecular weight is 403 g/mol. The van der Waals surface area contributed by atoms with Gasteiger partial charge >= 0.3 is 6.09 Å². The number of cyclic esters (lactones) is 1. The molecule has 0 saturated carbocycles. The van der Waals surface area contributed by atoms with Crippen LogP contribution in [0.1, 0.15) is 35.9 Å². The van der Waals surface area contributed by atoms with Gasteiger partial charge in [0.15, 0.2) is 5.76 Å². The third-order valence-corrected chi connectivity index (χ3v) is 6.06. The van der Waals surface area contributed by atoms with E-state index < -0.39 is 29.9 Å². The summed E-state index contributed by atoms with van der Waals surface area (Å²) in [6.07, 6.45) is 0.797. The zero-order valence-corrected chi connectivity index (χ0v) is 16.3. The highest BCUT2D eigenvalue weighted by atomic mass is 16.6. The van der Waals surface area contributed by atoms with Crippen molar-refractivity contribution in [3.63, 3.8) is 0 Å². The Morgan fingerprint density at radius 1 is 0.900 bits per heavy atom. The van der Waals surface area contributed by atoms with Crippen molar-refractivity contribution in [2.24, 2.45) is 5.92 Å². The summed E-state index contributed by atoms with van der Waals surface area (Å²) in [6.45, 7) is 0.542. The molecule has 5 rings (SSSR count). The molecule has 2 aliphatic heterocycles. The van der Waals surface area contributed by atoms with E-state index in [4.69, 9.17) is 9.47 Å². The normalized spacial score (nSPS) is 25.7. The third kappa shape index (κ3) is 2.91. The van der Waals surface area contributed by atoms with Crippen molar-refractivity contribution < 1.29 is 23.9 Å². The molecule has 0 aromatic heterocycles. The number of allylic oxidation sites excluding steroid dienone is 2. The number of nitrogens with zero attached hydrogens (tertiary/aromatic N) is 1. The maximum absolute atomic E-state index is 13.7. The van der Waals surface area contributed by atoms with Gasteiger partial charge in [0.1, 0.15) is 18.6 Å². The van der Waals surface area contributed by atoms with Crippen molar-refractivity contribution in [1.82, 2.24) is 4.90 Å². The van der Waals surface area contributed by atoms with E-state index in [2.05, 4.69) is 0 Å². The Labute approximate surface area is 174 Å². The van der Waals surface area contributed by atoms with Gasteiger partial charge in [0, 0.05) is 5.92 Å². The van der Waals surface area contributed by atoms with Crippen LogP contribution < -0.4 is 0 Å². The van der Waals surface area contributed by atoms with Gasteiger partial charge in [0.05, 0.1) is 6.61 Å². The third-order valence-electron chi connectivity index (χ3n) is 6.06. The van der Waals surface area contributed by atoms with Gasteiger partial charge in [0.2, 0.25) is 11.7 Å². The van der Waals surface area contributed by atoms with Crippen LogP contribution in [0.3, 0.4) is 0 Å². The molecule has 0 radical (unpaired) electrons. The second-order valence-corrected chi connectivity index (χ2v) is 7.75. The van der Waals surface area contributed by atoms with E-state index in [-0.39, 0.29) is 12.4 Å². The topological polar surface area (TPSA) is 72.9 Å². The number of carbonyl (C=O) groups is 3. The first-order valence-corrected chi connectivity index (χ1v) is 10.2. The number of rotatable bonds is 3. The summed E-state index contributed by atoms with van der Waals surface area (Å²) in [5.74, 6) is -2.01. The van der Waals surface area contributed by atoms with E-state index in [1.165, 1.54) is 0 Å². The first kappa shape index (κ1) is 18.6. The Hall–Kier alpha value is -3.41. The second-order valence-electron chi connectivity index (χ2n) is 7.75. The van der Waals surface area contributed by atoms with E-state index in [9.17, 15) is 14.4 Å². The van der Waals surface area contributed by atoms with Crippen LogP contribution in [0.4, 0.5) is 4.79 Å². The number of carbonyl (C=O) groups excluding carboxylic acids is 3. The number of Topliss-reactive ketones (excluding diaryl/α,β-unsaturated/α-hetero) is 1. The monoisotopic (exact) mass is 403 g/mol. The van der Waals surface area contributed by atoms with Gasteiger partial charge in [-0.3, -0.25) is 9.59 Å². The highest BCUT2D eigenvalue weighted by Crippen LogP contribution is 2.47. The quantitative estimate of drug-likeness (QED) is 0.730. The second kappa shape index (κ2) is 7.44. The van der Waals surface area contributed by atoms with Gasteiger partial charge in [-0.2, -0.15) is 0 Å². The summed E-state index contributed by atoms with van der Waals surface area (Å²) in [7, 11) is 0. The van der Waals surface area contributed by atoms with E-state index in [0.29, 0.717) is 18.8 Å². The van der Waals surface area contributed by atoms with Crippen molar-refractivity contribution >= 4 is 17.8 Å². The molecule has 3 aliphatic rings. The molecule has 2 heterocycles. The van der Waals surface area contributed by atoms with Crippen LogP contribution in [0.15, 0.2) is 72.0 Å². The summed E-state index contributed by atoms with van der Waals surface area (Å²) >= 11 is 0. The molecule has 1 aliphatic carbocycles. The van der Waals surface area contributed by atoms with E-state index in [0.717, 1.165) is 28.0 Å². The molecule has 0 bridgehead atoms. The van der Waals surface area contributed by atoms with Crippen LogP contribution in [0, 0.1) is 5.92 Å².